The molecule has 6 nitrogen and oxygen atoms in total. The number of hydrogen-bond donors (Lipinski definition) is 3. The van der Waals surface area contributed by atoms with Crippen LogP contribution in [0.4, 0.5) is 17.6 Å². The molecule has 1 saturated heterocycles. The van der Waals surface area contributed by atoms with Crippen LogP contribution in [0, 0.1) is 5.41 Å². The maximum absolute atomic E-state index is 5.83. The lowest BCUT2D eigenvalue weighted by Gasteiger charge is -2.21. The molecule has 0 saturated carbocycles. The molecule has 2 heterocycles. The van der Waals surface area contributed by atoms with E-state index < -0.39 is 0 Å². The largest absolute Gasteiger partial charge is 0.369 e. The highest BCUT2D eigenvalue weighted by Crippen LogP contribution is 2.22. The molecule has 1 aliphatic heterocycles. The fraction of sp³-hybridized carbons (Fsp3) is 0.714. The molecule has 0 bridgehead atoms. The van der Waals surface area contributed by atoms with Crippen LogP contribution < -0.4 is 21.3 Å². The zero-order valence-corrected chi connectivity index (χ0v) is 12.9. The van der Waals surface area contributed by atoms with Gasteiger partial charge in [0, 0.05) is 31.7 Å². The number of rotatable bonds is 4. The second kappa shape index (κ2) is 5.83. The fourth-order valence-corrected chi connectivity index (χ4v) is 2.26. The number of nitrogens with two attached hydrogens (primary N) is 1. The minimum absolute atomic E-state index is 0.199. The fourth-order valence-electron chi connectivity index (χ4n) is 2.26. The lowest BCUT2D eigenvalue weighted by Crippen LogP contribution is -2.30. The Morgan fingerprint density at radius 3 is 2.75 bits per heavy atom. The number of likely N-dealkylation sites (N-methyl/N-ethyl adjacent to an activating group) is 1. The van der Waals surface area contributed by atoms with Gasteiger partial charge in [0.05, 0.1) is 0 Å². The maximum atomic E-state index is 5.83. The number of nitrogens with zero attached hydrogens (tertiary/aromatic N) is 3. The minimum atomic E-state index is 0.199. The summed E-state index contributed by atoms with van der Waals surface area (Å²) in [6.07, 6.45) is 1.13. The van der Waals surface area contributed by atoms with Crippen LogP contribution in [-0.4, -0.2) is 42.7 Å². The summed E-state index contributed by atoms with van der Waals surface area (Å²) in [6, 6.07) is 2.51. The highest BCUT2D eigenvalue weighted by atomic mass is 15.3. The molecule has 1 aliphatic rings. The first kappa shape index (κ1) is 14.8. The summed E-state index contributed by atoms with van der Waals surface area (Å²) < 4.78 is 0. The molecule has 0 aliphatic carbocycles. The van der Waals surface area contributed by atoms with Gasteiger partial charge in [-0.05, 0) is 18.9 Å². The van der Waals surface area contributed by atoms with E-state index in [2.05, 4.69) is 46.3 Å². The van der Waals surface area contributed by atoms with Gasteiger partial charge in [0.15, 0.2) is 0 Å². The zero-order chi connectivity index (χ0) is 14.8. The Hall–Kier alpha value is -1.56. The summed E-state index contributed by atoms with van der Waals surface area (Å²) in [6.45, 7) is 9.37. The van der Waals surface area contributed by atoms with Crippen molar-refractivity contribution in [1.82, 2.24) is 15.3 Å². The van der Waals surface area contributed by atoms with E-state index in [9.17, 15) is 0 Å². The van der Waals surface area contributed by atoms with E-state index in [-0.39, 0.29) is 5.41 Å². The van der Waals surface area contributed by atoms with Gasteiger partial charge >= 0.3 is 0 Å². The molecule has 0 amide bonds. The van der Waals surface area contributed by atoms with Crippen LogP contribution in [0.5, 0.6) is 0 Å². The quantitative estimate of drug-likeness (QED) is 0.771. The predicted molar refractivity (Wildman–Crippen MR) is 84.1 cm³/mol. The molecule has 0 unspecified atom stereocenters. The Bertz CT molecular complexity index is 453. The van der Waals surface area contributed by atoms with Crippen LogP contribution in [0.25, 0.3) is 0 Å². The third-order valence-electron chi connectivity index (χ3n) is 3.45. The number of aromatic nitrogens is 2. The maximum Gasteiger partial charge on any atom is 0.223 e. The van der Waals surface area contributed by atoms with Crippen LogP contribution in [0.15, 0.2) is 6.07 Å². The smallest absolute Gasteiger partial charge is 0.223 e. The van der Waals surface area contributed by atoms with E-state index in [1.807, 2.05) is 13.1 Å². The molecule has 20 heavy (non-hydrogen) atoms. The van der Waals surface area contributed by atoms with Gasteiger partial charge in [0.1, 0.15) is 11.6 Å². The van der Waals surface area contributed by atoms with Gasteiger partial charge in [0.2, 0.25) is 5.95 Å². The summed E-state index contributed by atoms with van der Waals surface area (Å²) >= 11 is 0. The lowest BCUT2D eigenvalue weighted by molar-refractivity contribution is 0.442. The molecule has 1 aromatic rings. The van der Waals surface area contributed by atoms with Crippen molar-refractivity contribution in [1.29, 1.82) is 0 Å². The van der Waals surface area contributed by atoms with Gasteiger partial charge in [-0.3, -0.25) is 0 Å². The van der Waals surface area contributed by atoms with E-state index in [1.165, 1.54) is 0 Å². The summed E-state index contributed by atoms with van der Waals surface area (Å²) in [7, 11) is 2.00. The molecule has 0 radical (unpaired) electrons. The zero-order valence-electron chi connectivity index (χ0n) is 12.9. The topological polar surface area (TPSA) is 79.1 Å². The number of anilines is 3. The van der Waals surface area contributed by atoms with Crippen molar-refractivity contribution in [3.05, 3.63) is 6.07 Å². The Balaban J connectivity index is 2.09. The van der Waals surface area contributed by atoms with Crippen molar-refractivity contribution in [2.45, 2.75) is 33.2 Å². The Morgan fingerprint density at radius 2 is 2.15 bits per heavy atom. The van der Waals surface area contributed by atoms with Crippen molar-refractivity contribution in [2.24, 2.45) is 5.41 Å². The van der Waals surface area contributed by atoms with Crippen LogP contribution in [0.1, 0.15) is 27.2 Å². The average Bonchev–Trinajstić information content (AvgIpc) is 2.84. The Morgan fingerprint density at radius 1 is 1.40 bits per heavy atom. The second-order valence-electron chi connectivity index (χ2n) is 6.60. The molecule has 0 aromatic carbocycles. The molecule has 1 fully saturated rings. The average molecular weight is 278 g/mol. The first-order valence-electron chi connectivity index (χ1n) is 7.18. The van der Waals surface area contributed by atoms with Crippen LogP contribution >= 0.6 is 0 Å². The van der Waals surface area contributed by atoms with E-state index in [0.29, 0.717) is 12.0 Å². The first-order valence-corrected chi connectivity index (χ1v) is 7.18. The van der Waals surface area contributed by atoms with E-state index in [1.54, 1.807) is 0 Å². The number of nitrogens with one attached hydrogen (secondary N) is 2. The molecule has 6 heteroatoms. The SMILES string of the molecule is CN[C@H]1CCN(c2cc(NCC(C)(C)C)nc(N)n2)C1. The van der Waals surface area contributed by atoms with Gasteiger partial charge < -0.3 is 21.3 Å². The number of nitrogen functional groups attached to an aromatic ring is 1. The highest BCUT2D eigenvalue weighted by Gasteiger charge is 2.23. The molecular formula is C14H26N6. The van der Waals surface area contributed by atoms with Crippen molar-refractivity contribution in [3.8, 4) is 0 Å². The van der Waals surface area contributed by atoms with Crippen LogP contribution in [0.3, 0.4) is 0 Å². The normalized spacial score (nSPS) is 19.4. The lowest BCUT2D eigenvalue weighted by atomic mass is 9.97. The molecule has 0 spiro atoms. The minimum Gasteiger partial charge on any atom is -0.369 e. The Kier molecular flexibility index (Phi) is 4.32. The van der Waals surface area contributed by atoms with Gasteiger partial charge in [0.25, 0.3) is 0 Å². The molecule has 1 atom stereocenters. The van der Waals surface area contributed by atoms with E-state index >= 15 is 0 Å². The van der Waals surface area contributed by atoms with Crippen LogP contribution in [-0.2, 0) is 0 Å². The summed E-state index contributed by atoms with van der Waals surface area (Å²) in [5, 5.41) is 6.65. The molecule has 112 valence electrons. The second-order valence-corrected chi connectivity index (χ2v) is 6.60. The monoisotopic (exact) mass is 278 g/mol. The van der Waals surface area contributed by atoms with Gasteiger partial charge in [-0.25, -0.2) is 0 Å². The van der Waals surface area contributed by atoms with Crippen molar-refractivity contribution in [2.75, 3.05) is 42.6 Å². The molecule has 2 rings (SSSR count). The van der Waals surface area contributed by atoms with Crippen molar-refractivity contribution in [3.63, 3.8) is 0 Å². The van der Waals surface area contributed by atoms with Gasteiger partial charge in [-0.2, -0.15) is 9.97 Å². The molecule has 4 N–H and O–H groups in total. The van der Waals surface area contributed by atoms with E-state index in [0.717, 1.165) is 37.7 Å². The highest BCUT2D eigenvalue weighted by molar-refractivity contribution is 5.53. The third kappa shape index (κ3) is 3.96. The third-order valence-corrected chi connectivity index (χ3v) is 3.45. The predicted octanol–water partition coefficient (Wildman–Crippen LogP) is 1.31. The molecule has 1 aromatic heterocycles. The van der Waals surface area contributed by atoms with Crippen LogP contribution in [0.2, 0.25) is 0 Å². The molecular weight excluding hydrogens is 252 g/mol. The Labute approximate surface area is 121 Å². The van der Waals surface area contributed by atoms with Gasteiger partial charge in [-0.1, -0.05) is 20.8 Å². The van der Waals surface area contributed by atoms with Crippen molar-refractivity contribution < 1.29 is 0 Å². The first-order chi connectivity index (χ1) is 9.37. The van der Waals surface area contributed by atoms with Gasteiger partial charge in [-0.15, -0.1) is 0 Å². The number of hydrogen-bond acceptors (Lipinski definition) is 6. The van der Waals surface area contributed by atoms with Crippen molar-refractivity contribution >= 4 is 17.6 Å². The summed E-state index contributed by atoms with van der Waals surface area (Å²) in [5.74, 6) is 2.04. The standard InChI is InChI=1S/C14H26N6/c1-14(2,3)9-17-11-7-12(19-13(15)18-11)20-6-5-10(8-20)16-4/h7,10,16H,5-6,8-9H2,1-4H3,(H3,15,17,18,19)/t10-/m0/s1. The summed E-state index contributed by atoms with van der Waals surface area (Å²) in [4.78, 5) is 10.9. The van der Waals surface area contributed by atoms with E-state index in [4.69, 9.17) is 5.73 Å². The summed E-state index contributed by atoms with van der Waals surface area (Å²) in [5.41, 5.74) is 6.03.